The maximum atomic E-state index is 12.7. The number of aliphatic hydroxyl groups excluding tert-OH is 1. The van der Waals surface area contributed by atoms with Crippen molar-refractivity contribution in [3.05, 3.63) is 35.6 Å². The van der Waals surface area contributed by atoms with E-state index in [1.165, 1.54) is 12.1 Å². The number of rotatable bonds is 5. The minimum absolute atomic E-state index is 0.268. The standard InChI is InChI=1S/C13H20FNO/c1-10(2)15(3)9-8-13(16)11-4-6-12(14)7-5-11/h4-7,10,13,16H,8-9H2,1-3H3. The SMILES string of the molecule is CC(C)N(C)CCC(O)c1ccc(F)cc1. The Labute approximate surface area is 96.7 Å². The molecule has 0 spiro atoms. The number of halogens is 1. The molecule has 3 heteroatoms. The van der Waals surface area contributed by atoms with Crippen molar-refractivity contribution in [1.29, 1.82) is 0 Å². The molecule has 0 heterocycles. The lowest BCUT2D eigenvalue weighted by Gasteiger charge is -2.22. The van der Waals surface area contributed by atoms with Gasteiger partial charge in [0, 0.05) is 12.6 Å². The van der Waals surface area contributed by atoms with Crippen molar-refractivity contribution in [3.8, 4) is 0 Å². The van der Waals surface area contributed by atoms with Crippen LogP contribution in [-0.2, 0) is 0 Å². The molecule has 0 aliphatic carbocycles. The molecule has 0 aliphatic rings. The Kier molecular flexibility index (Phi) is 4.90. The van der Waals surface area contributed by atoms with E-state index < -0.39 is 6.10 Å². The third-order valence-electron chi connectivity index (χ3n) is 2.89. The minimum Gasteiger partial charge on any atom is -0.388 e. The van der Waals surface area contributed by atoms with Gasteiger partial charge in [0.1, 0.15) is 5.82 Å². The van der Waals surface area contributed by atoms with Crippen LogP contribution in [0.15, 0.2) is 24.3 Å². The fourth-order valence-corrected chi connectivity index (χ4v) is 1.44. The minimum atomic E-state index is -0.512. The molecule has 0 aliphatic heterocycles. The summed E-state index contributed by atoms with van der Waals surface area (Å²) < 4.78 is 12.7. The Balaban J connectivity index is 2.46. The maximum Gasteiger partial charge on any atom is 0.123 e. The van der Waals surface area contributed by atoms with Gasteiger partial charge in [0.2, 0.25) is 0 Å². The van der Waals surface area contributed by atoms with Crippen molar-refractivity contribution in [2.24, 2.45) is 0 Å². The Hall–Kier alpha value is -0.930. The molecular formula is C13H20FNO. The largest absolute Gasteiger partial charge is 0.388 e. The summed E-state index contributed by atoms with van der Waals surface area (Å²) in [6.07, 6.45) is 0.155. The third kappa shape index (κ3) is 3.91. The van der Waals surface area contributed by atoms with Crippen LogP contribution in [0.3, 0.4) is 0 Å². The average molecular weight is 225 g/mol. The maximum absolute atomic E-state index is 12.7. The van der Waals surface area contributed by atoms with Crippen LogP contribution in [0.1, 0.15) is 31.9 Å². The van der Waals surface area contributed by atoms with E-state index in [1.807, 2.05) is 7.05 Å². The number of aliphatic hydroxyl groups is 1. The van der Waals surface area contributed by atoms with E-state index in [2.05, 4.69) is 18.7 Å². The summed E-state index contributed by atoms with van der Waals surface area (Å²) in [7, 11) is 2.03. The fourth-order valence-electron chi connectivity index (χ4n) is 1.44. The lowest BCUT2D eigenvalue weighted by atomic mass is 10.1. The van der Waals surface area contributed by atoms with Crippen molar-refractivity contribution < 1.29 is 9.50 Å². The highest BCUT2D eigenvalue weighted by Crippen LogP contribution is 2.17. The zero-order chi connectivity index (χ0) is 12.1. The quantitative estimate of drug-likeness (QED) is 0.832. The van der Waals surface area contributed by atoms with Crippen molar-refractivity contribution in [2.45, 2.75) is 32.4 Å². The highest BCUT2D eigenvalue weighted by molar-refractivity contribution is 5.18. The molecule has 1 unspecified atom stereocenters. The van der Waals surface area contributed by atoms with Gasteiger partial charge in [-0.05, 0) is 45.0 Å². The molecule has 0 saturated heterocycles. The second-order valence-corrected chi connectivity index (χ2v) is 4.43. The molecule has 1 rings (SSSR count). The highest BCUT2D eigenvalue weighted by Gasteiger charge is 2.10. The first-order chi connectivity index (χ1) is 7.50. The van der Waals surface area contributed by atoms with Gasteiger partial charge >= 0.3 is 0 Å². The summed E-state index contributed by atoms with van der Waals surface area (Å²) in [6, 6.07) is 6.50. The van der Waals surface area contributed by atoms with Gasteiger partial charge in [-0.2, -0.15) is 0 Å². The fraction of sp³-hybridized carbons (Fsp3) is 0.538. The van der Waals surface area contributed by atoms with Gasteiger partial charge in [-0.1, -0.05) is 12.1 Å². The molecule has 0 bridgehead atoms. The van der Waals surface area contributed by atoms with Crippen LogP contribution in [0, 0.1) is 5.82 Å². The Morgan fingerprint density at radius 2 is 1.81 bits per heavy atom. The predicted octanol–water partition coefficient (Wildman–Crippen LogP) is 2.59. The van der Waals surface area contributed by atoms with Crippen LogP contribution < -0.4 is 0 Å². The molecule has 90 valence electrons. The summed E-state index contributed by atoms with van der Waals surface area (Å²) in [5.41, 5.74) is 0.776. The smallest absolute Gasteiger partial charge is 0.123 e. The number of hydrogen-bond acceptors (Lipinski definition) is 2. The van der Waals surface area contributed by atoms with E-state index in [0.717, 1.165) is 12.1 Å². The molecular weight excluding hydrogens is 205 g/mol. The van der Waals surface area contributed by atoms with Gasteiger partial charge in [-0.25, -0.2) is 4.39 Å². The van der Waals surface area contributed by atoms with Crippen molar-refractivity contribution in [2.75, 3.05) is 13.6 Å². The molecule has 1 aromatic rings. The van der Waals surface area contributed by atoms with Crippen LogP contribution in [0.5, 0.6) is 0 Å². The zero-order valence-corrected chi connectivity index (χ0v) is 10.2. The van der Waals surface area contributed by atoms with Gasteiger partial charge in [-0.15, -0.1) is 0 Å². The van der Waals surface area contributed by atoms with Crippen molar-refractivity contribution >= 4 is 0 Å². The topological polar surface area (TPSA) is 23.5 Å². The van der Waals surface area contributed by atoms with Gasteiger partial charge in [0.25, 0.3) is 0 Å². The van der Waals surface area contributed by atoms with Gasteiger partial charge in [-0.3, -0.25) is 0 Å². The molecule has 0 radical (unpaired) electrons. The number of benzene rings is 1. The number of nitrogens with zero attached hydrogens (tertiary/aromatic N) is 1. The van der Waals surface area contributed by atoms with Crippen LogP contribution >= 0.6 is 0 Å². The normalized spacial score (nSPS) is 13.4. The van der Waals surface area contributed by atoms with E-state index in [9.17, 15) is 9.50 Å². The Morgan fingerprint density at radius 1 is 1.25 bits per heavy atom. The van der Waals surface area contributed by atoms with Crippen LogP contribution in [0.4, 0.5) is 4.39 Å². The first-order valence-electron chi connectivity index (χ1n) is 5.64. The summed E-state index contributed by atoms with van der Waals surface area (Å²) in [6.45, 7) is 5.06. The first kappa shape index (κ1) is 13.1. The second kappa shape index (κ2) is 5.97. The summed E-state index contributed by atoms with van der Waals surface area (Å²) in [5, 5.41) is 9.89. The van der Waals surface area contributed by atoms with Crippen LogP contribution in [-0.4, -0.2) is 29.6 Å². The molecule has 0 amide bonds. The molecule has 1 atom stereocenters. The predicted molar refractivity (Wildman–Crippen MR) is 63.7 cm³/mol. The van der Waals surface area contributed by atoms with E-state index in [0.29, 0.717) is 12.5 Å². The third-order valence-corrected chi connectivity index (χ3v) is 2.89. The van der Waals surface area contributed by atoms with E-state index in [-0.39, 0.29) is 5.82 Å². The Morgan fingerprint density at radius 3 is 2.31 bits per heavy atom. The van der Waals surface area contributed by atoms with Gasteiger partial charge in [0.15, 0.2) is 0 Å². The summed E-state index contributed by atoms with van der Waals surface area (Å²) in [5.74, 6) is -0.268. The lowest BCUT2D eigenvalue weighted by molar-refractivity contribution is 0.141. The molecule has 0 saturated carbocycles. The van der Waals surface area contributed by atoms with Gasteiger partial charge in [0.05, 0.1) is 6.10 Å². The van der Waals surface area contributed by atoms with E-state index in [1.54, 1.807) is 12.1 Å². The van der Waals surface area contributed by atoms with Crippen molar-refractivity contribution in [1.82, 2.24) is 4.90 Å². The number of hydrogen-bond donors (Lipinski definition) is 1. The monoisotopic (exact) mass is 225 g/mol. The molecule has 1 aromatic carbocycles. The van der Waals surface area contributed by atoms with E-state index >= 15 is 0 Å². The summed E-state index contributed by atoms with van der Waals surface area (Å²) >= 11 is 0. The van der Waals surface area contributed by atoms with Crippen LogP contribution in [0.25, 0.3) is 0 Å². The highest BCUT2D eigenvalue weighted by atomic mass is 19.1. The molecule has 0 aromatic heterocycles. The molecule has 0 fully saturated rings. The molecule has 2 nitrogen and oxygen atoms in total. The molecule has 16 heavy (non-hydrogen) atoms. The molecule has 1 N–H and O–H groups in total. The first-order valence-corrected chi connectivity index (χ1v) is 5.64. The van der Waals surface area contributed by atoms with Crippen molar-refractivity contribution in [3.63, 3.8) is 0 Å². The second-order valence-electron chi connectivity index (χ2n) is 4.43. The van der Waals surface area contributed by atoms with E-state index in [4.69, 9.17) is 0 Å². The van der Waals surface area contributed by atoms with Crippen LogP contribution in [0.2, 0.25) is 0 Å². The van der Waals surface area contributed by atoms with Gasteiger partial charge < -0.3 is 10.0 Å². The summed E-state index contributed by atoms with van der Waals surface area (Å²) in [4.78, 5) is 2.17. The zero-order valence-electron chi connectivity index (χ0n) is 10.2. The lowest BCUT2D eigenvalue weighted by Crippen LogP contribution is -2.28. The Bertz CT molecular complexity index is 310. The average Bonchev–Trinajstić information content (AvgIpc) is 2.26.